The number of benzene rings is 2. The molecule has 1 N–H and O–H groups in total. The molecule has 0 aliphatic rings. The quantitative estimate of drug-likeness (QED) is 0.464. The van der Waals surface area contributed by atoms with E-state index in [1.54, 1.807) is 18.2 Å². The Kier molecular flexibility index (Phi) is 8.32. The lowest BCUT2D eigenvalue weighted by atomic mass is 10.3. The summed E-state index contributed by atoms with van der Waals surface area (Å²) in [7, 11) is 0. The van der Waals surface area contributed by atoms with Gasteiger partial charge in [-0.3, -0.25) is 9.59 Å². The first kappa shape index (κ1) is 22.7. The van der Waals surface area contributed by atoms with Crippen molar-refractivity contribution in [1.82, 2.24) is 15.1 Å². The molecule has 0 unspecified atom stereocenters. The van der Waals surface area contributed by atoms with Crippen molar-refractivity contribution in [1.29, 1.82) is 0 Å². The molecule has 3 rings (SSSR count). The van der Waals surface area contributed by atoms with Crippen molar-refractivity contribution >= 4 is 29.1 Å². The van der Waals surface area contributed by atoms with Crippen LogP contribution >= 0.6 is 23.2 Å². The monoisotopic (exact) mass is 461 g/mol. The molecule has 0 fully saturated rings. The minimum absolute atomic E-state index is 0.154. The number of halogens is 2. The third-order valence-corrected chi connectivity index (χ3v) is 4.70. The number of carbonyl (C=O) groups is 1. The predicted molar refractivity (Wildman–Crippen MR) is 119 cm³/mol. The number of hydrogen-bond acceptors (Lipinski definition) is 5. The van der Waals surface area contributed by atoms with Crippen molar-refractivity contribution in [3.63, 3.8) is 0 Å². The summed E-state index contributed by atoms with van der Waals surface area (Å²) in [5, 5.41) is 7.84. The van der Waals surface area contributed by atoms with E-state index in [4.69, 9.17) is 32.7 Å². The van der Waals surface area contributed by atoms with Crippen molar-refractivity contribution < 1.29 is 14.3 Å². The van der Waals surface area contributed by atoms with Crippen LogP contribution in [0.4, 0.5) is 0 Å². The lowest BCUT2D eigenvalue weighted by Crippen LogP contribution is -2.31. The van der Waals surface area contributed by atoms with E-state index in [0.717, 1.165) is 0 Å². The number of hydrogen-bond donors (Lipinski definition) is 1. The maximum Gasteiger partial charge on any atom is 0.271 e. The molecule has 0 radical (unpaired) electrons. The van der Waals surface area contributed by atoms with E-state index in [-0.39, 0.29) is 30.3 Å². The van der Waals surface area contributed by atoms with Crippen LogP contribution in [0.15, 0.2) is 65.5 Å². The van der Waals surface area contributed by atoms with Crippen LogP contribution in [-0.4, -0.2) is 35.4 Å². The number of nitrogens with one attached hydrogen (secondary N) is 1. The third kappa shape index (κ3) is 7.01. The highest BCUT2D eigenvalue weighted by atomic mass is 35.5. The Bertz CT molecular complexity index is 1070. The highest BCUT2D eigenvalue weighted by Crippen LogP contribution is 2.27. The summed E-state index contributed by atoms with van der Waals surface area (Å²) in [6.45, 7) is 1.23. The van der Waals surface area contributed by atoms with Gasteiger partial charge in [-0.05, 0) is 42.8 Å². The molecule has 3 aromatic rings. The molecule has 0 saturated carbocycles. The molecule has 0 bridgehead atoms. The summed E-state index contributed by atoms with van der Waals surface area (Å²) in [5.41, 5.74) is -0.151. The Hall–Kier alpha value is -3.03. The van der Waals surface area contributed by atoms with Gasteiger partial charge in [-0.15, -0.1) is 0 Å². The number of rotatable bonds is 10. The van der Waals surface area contributed by atoms with Gasteiger partial charge >= 0.3 is 0 Å². The zero-order valence-corrected chi connectivity index (χ0v) is 18.1. The number of nitrogens with zero attached hydrogens (tertiary/aromatic N) is 2. The molecule has 31 heavy (non-hydrogen) atoms. The van der Waals surface area contributed by atoms with E-state index in [9.17, 15) is 9.59 Å². The molecule has 9 heteroatoms. The Labute approximate surface area is 189 Å². The van der Waals surface area contributed by atoms with Crippen molar-refractivity contribution in [2.75, 3.05) is 19.8 Å². The van der Waals surface area contributed by atoms with Gasteiger partial charge < -0.3 is 14.8 Å². The van der Waals surface area contributed by atoms with Crippen molar-refractivity contribution in [2.24, 2.45) is 0 Å². The molecule has 1 aromatic heterocycles. The van der Waals surface area contributed by atoms with Crippen LogP contribution in [0.2, 0.25) is 10.0 Å². The van der Waals surface area contributed by atoms with Gasteiger partial charge in [0.1, 0.15) is 23.8 Å². The Morgan fingerprint density at radius 1 is 1.00 bits per heavy atom. The highest BCUT2D eigenvalue weighted by molar-refractivity contribution is 6.35. The molecule has 0 aliphatic heterocycles. The average Bonchev–Trinajstić information content (AvgIpc) is 2.76. The Morgan fingerprint density at radius 2 is 1.81 bits per heavy atom. The van der Waals surface area contributed by atoms with E-state index in [0.29, 0.717) is 41.1 Å². The predicted octanol–water partition coefficient (Wildman–Crippen LogP) is 3.83. The molecule has 2 aromatic carbocycles. The van der Waals surface area contributed by atoms with E-state index in [2.05, 4.69) is 10.4 Å². The number of ether oxygens (including phenoxy) is 2. The molecule has 7 nitrogen and oxygen atoms in total. The fourth-order valence-electron chi connectivity index (χ4n) is 2.64. The lowest BCUT2D eigenvalue weighted by molar-refractivity contribution is 0.0943. The van der Waals surface area contributed by atoms with Crippen LogP contribution in [0.25, 0.3) is 0 Å². The van der Waals surface area contributed by atoms with Gasteiger partial charge in [-0.1, -0.05) is 41.4 Å². The normalized spacial score (nSPS) is 10.5. The minimum Gasteiger partial charge on any atom is -0.492 e. The largest absolute Gasteiger partial charge is 0.492 e. The van der Waals surface area contributed by atoms with Crippen LogP contribution in [-0.2, 0) is 6.54 Å². The summed E-state index contributed by atoms with van der Waals surface area (Å²) in [6, 6.07) is 17.0. The molecule has 162 valence electrons. The van der Waals surface area contributed by atoms with Gasteiger partial charge in [-0.25, -0.2) is 4.68 Å². The smallest absolute Gasteiger partial charge is 0.271 e. The van der Waals surface area contributed by atoms with Crippen LogP contribution < -0.4 is 20.3 Å². The zero-order valence-electron chi connectivity index (χ0n) is 16.6. The maximum absolute atomic E-state index is 12.3. The van der Waals surface area contributed by atoms with Gasteiger partial charge in [-0.2, -0.15) is 5.10 Å². The molecule has 0 spiro atoms. The van der Waals surface area contributed by atoms with Gasteiger partial charge in [0, 0.05) is 17.6 Å². The standard InChI is InChI=1S/C22H21Cl2N3O4/c23-16-7-9-20(18(24)15-16)31-13-4-11-25-22(29)19-8-10-21(28)27(26-19)12-14-30-17-5-2-1-3-6-17/h1-3,5-10,15H,4,11-14H2,(H,25,29). The average molecular weight is 462 g/mol. The molecule has 1 heterocycles. The van der Waals surface area contributed by atoms with Gasteiger partial charge in [0.15, 0.2) is 0 Å². The van der Waals surface area contributed by atoms with Gasteiger partial charge in [0.25, 0.3) is 11.5 Å². The van der Waals surface area contributed by atoms with Gasteiger partial charge in [0.2, 0.25) is 0 Å². The second-order valence-corrected chi connectivity index (χ2v) is 7.32. The van der Waals surface area contributed by atoms with Crippen LogP contribution in [0.5, 0.6) is 11.5 Å². The van der Waals surface area contributed by atoms with E-state index < -0.39 is 0 Å². The Balaban J connectivity index is 1.44. The van der Waals surface area contributed by atoms with Crippen LogP contribution in [0.3, 0.4) is 0 Å². The van der Waals surface area contributed by atoms with Crippen molar-refractivity contribution in [3.8, 4) is 11.5 Å². The van der Waals surface area contributed by atoms with E-state index in [1.807, 2.05) is 30.3 Å². The summed E-state index contributed by atoms with van der Waals surface area (Å²) in [4.78, 5) is 24.3. The first-order chi connectivity index (χ1) is 15.0. The fraction of sp³-hybridized carbons (Fsp3) is 0.227. The molecular formula is C22H21Cl2N3O4. The summed E-state index contributed by atoms with van der Waals surface area (Å²) < 4.78 is 12.4. The highest BCUT2D eigenvalue weighted by Gasteiger charge is 2.10. The first-order valence-corrected chi connectivity index (χ1v) is 10.4. The minimum atomic E-state index is -0.373. The molecule has 0 saturated heterocycles. The van der Waals surface area contributed by atoms with Crippen molar-refractivity contribution in [2.45, 2.75) is 13.0 Å². The molecule has 0 aliphatic carbocycles. The van der Waals surface area contributed by atoms with E-state index >= 15 is 0 Å². The lowest BCUT2D eigenvalue weighted by Gasteiger charge is -2.10. The molecular weight excluding hydrogens is 441 g/mol. The van der Waals surface area contributed by atoms with Gasteiger partial charge in [0.05, 0.1) is 18.2 Å². The third-order valence-electron chi connectivity index (χ3n) is 4.17. The second-order valence-electron chi connectivity index (χ2n) is 6.47. The number of para-hydroxylation sites is 1. The summed E-state index contributed by atoms with van der Waals surface area (Å²) in [6.07, 6.45) is 0.565. The molecule has 1 amide bonds. The molecule has 0 atom stereocenters. The maximum atomic E-state index is 12.3. The number of amides is 1. The first-order valence-electron chi connectivity index (χ1n) is 9.65. The van der Waals surface area contributed by atoms with Crippen LogP contribution in [0, 0.1) is 0 Å². The fourth-order valence-corrected chi connectivity index (χ4v) is 3.10. The summed E-state index contributed by atoms with van der Waals surface area (Å²) in [5.74, 6) is 0.859. The van der Waals surface area contributed by atoms with Crippen LogP contribution in [0.1, 0.15) is 16.9 Å². The van der Waals surface area contributed by atoms with E-state index in [1.165, 1.54) is 16.8 Å². The second kappa shape index (κ2) is 11.4. The zero-order chi connectivity index (χ0) is 22.1. The SMILES string of the molecule is O=C(NCCCOc1ccc(Cl)cc1Cl)c1ccc(=O)n(CCOc2ccccc2)n1. The number of carbonyl (C=O) groups excluding carboxylic acids is 1. The van der Waals surface area contributed by atoms with Crippen molar-refractivity contribution in [3.05, 3.63) is 86.8 Å². The Morgan fingerprint density at radius 3 is 2.58 bits per heavy atom. The number of aromatic nitrogens is 2. The topological polar surface area (TPSA) is 82.5 Å². The summed E-state index contributed by atoms with van der Waals surface area (Å²) >= 11 is 11.9.